The number of aliphatic hydroxyl groups excluding tert-OH is 4. The maximum atomic E-state index is 9.72. The number of rotatable bonds is 5. The third-order valence-electron chi connectivity index (χ3n) is 2.55. The Kier molecular flexibility index (Phi) is 5.59. The second kappa shape index (κ2) is 5.66. The van der Waals surface area contributed by atoms with E-state index in [1.165, 1.54) is 0 Å². The molecule has 0 amide bonds. The van der Waals surface area contributed by atoms with Crippen LogP contribution in [-0.4, -0.2) is 45.8 Å². The molecule has 3 atom stereocenters. The lowest BCUT2D eigenvalue weighted by Gasteiger charge is -2.35. The Hall–Kier alpha value is -0.160. The van der Waals surface area contributed by atoms with Crippen molar-refractivity contribution in [3.8, 4) is 0 Å². The minimum absolute atomic E-state index is 0.0306. The Morgan fingerprint density at radius 1 is 1.07 bits per heavy atom. The molecule has 0 heterocycles. The smallest absolute Gasteiger partial charge is 0.103 e. The van der Waals surface area contributed by atoms with E-state index in [1.54, 1.807) is 0 Å². The van der Waals surface area contributed by atoms with Crippen LogP contribution in [0.15, 0.2) is 0 Å². The molecule has 1 unspecified atom stereocenters. The van der Waals surface area contributed by atoms with Gasteiger partial charge in [0.25, 0.3) is 0 Å². The lowest BCUT2D eigenvalue weighted by molar-refractivity contribution is -0.0739. The molecule has 14 heavy (non-hydrogen) atoms. The van der Waals surface area contributed by atoms with Crippen molar-refractivity contribution in [2.75, 3.05) is 13.2 Å². The summed E-state index contributed by atoms with van der Waals surface area (Å²) in [6.07, 6.45) is -1.71. The summed E-state index contributed by atoms with van der Waals surface area (Å²) in [5.41, 5.74) is -0.210. The molecule has 4 heteroatoms. The van der Waals surface area contributed by atoms with Crippen LogP contribution >= 0.6 is 0 Å². The maximum Gasteiger partial charge on any atom is 0.103 e. The zero-order valence-electron chi connectivity index (χ0n) is 9.14. The summed E-state index contributed by atoms with van der Waals surface area (Å²) in [6.45, 7) is 5.30. The third kappa shape index (κ3) is 3.92. The van der Waals surface area contributed by atoms with E-state index < -0.39 is 18.8 Å². The standard InChI is InChI=1S/C10H22O4/c1-10(2,3)7(4-5-11)9(14)8(13)6-12/h7-9,11-14H,4-6H2,1-3H3/t7?,8-,9-/m1/s1. The second-order valence-corrected chi connectivity index (χ2v) is 4.73. The van der Waals surface area contributed by atoms with Crippen molar-refractivity contribution >= 4 is 0 Å². The van der Waals surface area contributed by atoms with Crippen LogP contribution in [0.4, 0.5) is 0 Å². The van der Waals surface area contributed by atoms with E-state index in [9.17, 15) is 10.2 Å². The Balaban J connectivity index is 4.48. The summed E-state index contributed by atoms with van der Waals surface area (Å²) in [4.78, 5) is 0. The van der Waals surface area contributed by atoms with Crippen molar-refractivity contribution in [3.63, 3.8) is 0 Å². The van der Waals surface area contributed by atoms with Gasteiger partial charge in [-0.25, -0.2) is 0 Å². The topological polar surface area (TPSA) is 80.9 Å². The molecule has 0 aliphatic heterocycles. The van der Waals surface area contributed by atoms with E-state index in [1.807, 2.05) is 20.8 Å². The molecule has 0 spiro atoms. The Bertz CT molecular complexity index is 153. The molecule has 0 aliphatic carbocycles. The van der Waals surface area contributed by atoms with Crippen LogP contribution in [0.2, 0.25) is 0 Å². The zero-order chi connectivity index (χ0) is 11.4. The van der Waals surface area contributed by atoms with Gasteiger partial charge in [-0.05, 0) is 17.8 Å². The molecule has 0 aromatic heterocycles. The quantitative estimate of drug-likeness (QED) is 0.500. The van der Waals surface area contributed by atoms with Crippen molar-refractivity contribution in [1.82, 2.24) is 0 Å². The summed E-state index contributed by atoms with van der Waals surface area (Å²) >= 11 is 0. The summed E-state index contributed by atoms with van der Waals surface area (Å²) in [6, 6.07) is 0. The van der Waals surface area contributed by atoms with Gasteiger partial charge in [0.1, 0.15) is 6.10 Å². The van der Waals surface area contributed by atoms with E-state index in [2.05, 4.69) is 0 Å². The number of aliphatic hydroxyl groups is 4. The van der Waals surface area contributed by atoms with E-state index >= 15 is 0 Å². The van der Waals surface area contributed by atoms with Crippen LogP contribution < -0.4 is 0 Å². The van der Waals surface area contributed by atoms with E-state index in [-0.39, 0.29) is 17.9 Å². The molecule has 0 bridgehead atoms. The van der Waals surface area contributed by atoms with E-state index in [0.29, 0.717) is 6.42 Å². The SMILES string of the molecule is CC(C)(C)C(CCO)[C@@H](O)[C@H](O)CO. The average Bonchev–Trinajstić information content (AvgIpc) is 2.09. The fourth-order valence-corrected chi connectivity index (χ4v) is 1.63. The van der Waals surface area contributed by atoms with Crippen molar-refractivity contribution in [2.24, 2.45) is 11.3 Å². The zero-order valence-corrected chi connectivity index (χ0v) is 9.14. The first-order chi connectivity index (χ1) is 6.34. The Labute approximate surface area is 85.2 Å². The summed E-state index contributed by atoms with van der Waals surface area (Å²) in [7, 11) is 0. The second-order valence-electron chi connectivity index (χ2n) is 4.73. The van der Waals surface area contributed by atoms with E-state index in [0.717, 1.165) is 0 Å². The van der Waals surface area contributed by atoms with Gasteiger partial charge >= 0.3 is 0 Å². The molecule has 0 fully saturated rings. The number of hydrogen-bond donors (Lipinski definition) is 4. The van der Waals surface area contributed by atoms with Gasteiger partial charge in [-0.2, -0.15) is 0 Å². The molecule has 4 nitrogen and oxygen atoms in total. The first-order valence-electron chi connectivity index (χ1n) is 4.92. The predicted octanol–water partition coefficient (Wildman–Crippen LogP) is -0.255. The Morgan fingerprint density at radius 3 is 1.86 bits per heavy atom. The minimum Gasteiger partial charge on any atom is -0.396 e. The molecule has 4 N–H and O–H groups in total. The largest absolute Gasteiger partial charge is 0.396 e. The fraction of sp³-hybridized carbons (Fsp3) is 1.00. The summed E-state index contributed by atoms with van der Waals surface area (Å²) in [5.74, 6) is -0.227. The van der Waals surface area contributed by atoms with Gasteiger partial charge in [0.15, 0.2) is 0 Å². The Morgan fingerprint density at radius 2 is 1.57 bits per heavy atom. The van der Waals surface area contributed by atoms with Crippen molar-refractivity contribution in [1.29, 1.82) is 0 Å². The highest BCUT2D eigenvalue weighted by Crippen LogP contribution is 2.32. The molecular weight excluding hydrogens is 184 g/mol. The van der Waals surface area contributed by atoms with Crippen LogP contribution in [0, 0.1) is 11.3 Å². The van der Waals surface area contributed by atoms with Gasteiger partial charge in [-0.3, -0.25) is 0 Å². The highest BCUT2D eigenvalue weighted by molar-refractivity contribution is 4.83. The molecule has 86 valence electrons. The van der Waals surface area contributed by atoms with Gasteiger partial charge in [0.05, 0.1) is 12.7 Å². The highest BCUT2D eigenvalue weighted by atomic mass is 16.4. The first kappa shape index (κ1) is 13.8. The van der Waals surface area contributed by atoms with Crippen molar-refractivity contribution in [2.45, 2.75) is 39.4 Å². The van der Waals surface area contributed by atoms with Gasteiger partial charge in [0.2, 0.25) is 0 Å². The molecule has 0 aromatic rings. The molecular formula is C10H22O4. The van der Waals surface area contributed by atoms with Crippen LogP contribution in [-0.2, 0) is 0 Å². The average molecular weight is 206 g/mol. The van der Waals surface area contributed by atoms with Gasteiger partial charge in [-0.15, -0.1) is 0 Å². The molecule has 0 rings (SSSR count). The van der Waals surface area contributed by atoms with Crippen LogP contribution in [0.3, 0.4) is 0 Å². The normalized spacial score (nSPS) is 19.1. The monoisotopic (exact) mass is 206 g/mol. The number of hydrogen-bond acceptors (Lipinski definition) is 4. The summed E-state index contributed by atoms with van der Waals surface area (Å²) in [5, 5.41) is 36.6. The maximum absolute atomic E-state index is 9.72. The first-order valence-corrected chi connectivity index (χ1v) is 4.92. The van der Waals surface area contributed by atoms with E-state index in [4.69, 9.17) is 10.2 Å². The van der Waals surface area contributed by atoms with Crippen molar-refractivity contribution < 1.29 is 20.4 Å². The van der Waals surface area contributed by atoms with Gasteiger partial charge in [-0.1, -0.05) is 20.8 Å². The fourth-order valence-electron chi connectivity index (χ4n) is 1.63. The molecule has 0 saturated carbocycles. The van der Waals surface area contributed by atoms with Crippen LogP contribution in [0.1, 0.15) is 27.2 Å². The van der Waals surface area contributed by atoms with Crippen LogP contribution in [0.5, 0.6) is 0 Å². The minimum atomic E-state index is -1.13. The molecule has 0 saturated heterocycles. The van der Waals surface area contributed by atoms with Gasteiger partial charge < -0.3 is 20.4 Å². The molecule has 0 aromatic carbocycles. The molecule has 0 radical (unpaired) electrons. The highest BCUT2D eigenvalue weighted by Gasteiger charge is 2.34. The lowest BCUT2D eigenvalue weighted by atomic mass is 9.74. The predicted molar refractivity (Wildman–Crippen MR) is 53.7 cm³/mol. The third-order valence-corrected chi connectivity index (χ3v) is 2.55. The lowest BCUT2D eigenvalue weighted by Crippen LogP contribution is -2.42. The van der Waals surface area contributed by atoms with Crippen molar-refractivity contribution in [3.05, 3.63) is 0 Å². The van der Waals surface area contributed by atoms with Gasteiger partial charge in [0, 0.05) is 6.61 Å². The summed E-state index contributed by atoms with van der Waals surface area (Å²) < 4.78 is 0. The van der Waals surface area contributed by atoms with Crippen LogP contribution in [0.25, 0.3) is 0 Å². The molecule has 0 aliphatic rings.